The molecule has 3 rings (SSSR count). The molecule has 2 bridgehead atoms. The summed E-state index contributed by atoms with van der Waals surface area (Å²) in [5.41, 5.74) is 6.53. The van der Waals surface area contributed by atoms with Crippen molar-refractivity contribution in [3.63, 3.8) is 0 Å². The van der Waals surface area contributed by atoms with Gasteiger partial charge in [0.05, 0.1) is 6.04 Å². The maximum absolute atomic E-state index is 14.0. The molecule has 0 radical (unpaired) electrons. The van der Waals surface area contributed by atoms with E-state index in [1.54, 1.807) is 12.1 Å². The predicted molar refractivity (Wildman–Crippen MR) is 71.0 cm³/mol. The van der Waals surface area contributed by atoms with Gasteiger partial charge in [-0.25, -0.2) is 4.39 Å². The topological polar surface area (TPSA) is 29.3 Å². The first-order valence-electron chi connectivity index (χ1n) is 6.60. The fourth-order valence-electron chi connectivity index (χ4n) is 3.56. The Kier molecular flexibility index (Phi) is 3.31. The van der Waals surface area contributed by atoms with Gasteiger partial charge in [-0.3, -0.25) is 4.90 Å². The van der Waals surface area contributed by atoms with Crippen LogP contribution in [0.4, 0.5) is 4.39 Å². The third-order valence-electron chi connectivity index (χ3n) is 4.39. The summed E-state index contributed by atoms with van der Waals surface area (Å²) in [6, 6.07) is 5.31. The monoisotopic (exact) mass is 268 g/mol. The fourth-order valence-corrected chi connectivity index (χ4v) is 3.74. The molecule has 2 N–H and O–H groups in total. The van der Waals surface area contributed by atoms with Gasteiger partial charge in [-0.2, -0.15) is 0 Å². The number of nitrogens with zero attached hydrogens (tertiary/aromatic N) is 1. The normalized spacial score (nSPS) is 28.8. The first-order chi connectivity index (χ1) is 8.69. The van der Waals surface area contributed by atoms with E-state index < -0.39 is 0 Å². The van der Waals surface area contributed by atoms with E-state index in [-0.39, 0.29) is 11.9 Å². The zero-order valence-corrected chi connectivity index (χ0v) is 11.0. The SMILES string of the molecule is NCC(c1cc(Cl)ccc1F)N1CC2CCC1C2. The summed E-state index contributed by atoms with van der Waals surface area (Å²) in [7, 11) is 0. The second kappa shape index (κ2) is 4.80. The predicted octanol–water partition coefficient (Wildman–Crippen LogP) is 2.96. The molecule has 2 nitrogen and oxygen atoms in total. The molecular weight excluding hydrogens is 251 g/mol. The van der Waals surface area contributed by atoms with Crippen LogP contribution in [0, 0.1) is 11.7 Å². The third-order valence-corrected chi connectivity index (χ3v) is 4.63. The van der Waals surface area contributed by atoms with Crippen LogP contribution < -0.4 is 5.73 Å². The van der Waals surface area contributed by atoms with Gasteiger partial charge in [0.2, 0.25) is 0 Å². The summed E-state index contributed by atoms with van der Waals surface area (Å²) in [5.74, 6) is 0.587. The molecule has 1 aliphatic heterocycles. The number of hydrogen-bond acceptors (Lipinski definition) is 2. The van der Waals surface area contributed by atoms with Crippen molar-refractivity contribution in [2.24, 2.45) is 11.7 Å². The number of halogens is 2. The summed E-state index contributed by atoms with van der Waals surface area (Å²) in [6.45, 7) is 1.50. The molecule has 2 aliphatic rings. The van der Waals surface area contributed by atoms with Crippen LogP contribution in [0.15, 0.2) is 18.2 Å². The van der Waals surface area contributed by atoms with Crippen LogP contribution in [0.5, 0.6) is 0 Å². The van der Waals surface area contributed by atoms with Crippen molar-refractivity contribution in [3.05, 3.63) is 34.6 Å². The molecule has 1 saturated carbocycles. The van der Waals surface area contributed by atoms with E-state index in [9.17, 15) is 4.39 Å². The average Bonchev–Trinajstić information content (AvgIpc) is 2.97. The Hall–Kier alpha value is -0.640. The highest BCUT2D eigenvalue weighted by Crippen LogP contribution is 2.42. The molecule has 0 aromatic heterocycles. The van der Waals surface area contributed by atoms with Gasteiger partial charge in [-0.15, -0.1) is 0 Å². The van der Waals surface area contributed by atoms with Crippen molar-refractivity contribution in [1.82, 2.24) is 4.90 Å². The molecule has 3 atom stereocenters. The van der Waals surface area contributed by atoms with Crippen LogP contribution in [-0.2, 0) is 0 Å². The first kappa shape index (κ1) is 12.4. The lowest BCUT2D eigenvalue weighted by atomic mass is 10.0. The van der Waals surface area contributed by atoms with Crippen molar-refractivity contribution in [3.8, 4) is 0 Å². The smallest absolute Gasteiger partial charge is 0.128 e. The van der Waals surface area contributed by atoms with E-state index >= 15 is 0 Å². The lowest BCUT2D eigenvalue weighted by molar-refractivity contribution is 0.150. The van der Waals surface area contributed by atoms with Crippen molar-refractivity contribution >= 4 is 11.6 Å². The van der Waals surface area contributed by atoms with E-state index in [4.69, 9.17) is 17.3 Å². The molecule has 0 amide bonds. The maximum atomic E-state index is 14.0. The number of benzene rings is 1. The van der Waals surface area contributed by atoms with Crippen molar-refractivity contribution in [2.45, 2.75) is 31.3 Å². The molecule has 1 heterocycles. The number of nitrogens with two attached hydrogens (primary N) is 1. The summed E-state index contributed by atoms with van der Waals surface area (Å²) in [6.07, 6.45) is 3.79. The van der Waals surface area contributed by atoms with Gasteiger partial charge < -0.3 is 5.73 Å². The summed E-state index contributed by atoms with van der Waals surface area (Å²) < 4.78 is 14.0. The second-order valence-corrected chi connectivity index (χ2v) is 5.88. The summed E-state index contributed by atoms with van der Waals surface area (Å²) in [4.78, 5) is 2.38. The molecule has 2 fully saturated rings. The highest BCUT2D eigenvalue weighted by atomic mass is 35.5. The lowest BCUT2D eigenvalue weighted by Crippen LogP contribution is -2.39. The molecule has 0 spiro atoms. The minimum absolute atomic E-state index is 0.0287. The van der Waals surface area contributed by atoms with Gasteiger partial charge in [0.15, 0.2) is 0 Å². The molecular formula is C14H18ClFN2. The highest BCUT2D eigenvalue weighted by molar-refractivity contribution is 6.30. The van der Waals surface area contributed by atoms with Crippen molar-refractivity contribution in [2.75, 3.05) is 13.1 Å². The number of hydrogen-bond donors (Lipinski definition) is 1. The van der Waals surface area contributed by atoms with E-state index in [0.29, 0.717) is 23.2 Å². The van der Waals surface area contributed by atoms with Crippen LogP contribution in [0.1, 0.15) is 30.9 Å². The lowest BCUT2D eigenvalue weighted by Gasteiger charge is -2.34. The van der Waals surface area contributed by atoms with E-state index in [1.165, 1.54) is 25.3 Å². The summed E-state index contributed by atoms with van der Waals surface area (Å²) in [5, 5.41) is 0.578. The Morgan fingerprint density at radius 1 is 1.44 bits per heavy atom. The minimum atomic E-state index is -0.197. The van der Waals surface area contributed by atoms with E-state index in [1.807, 2.05) is 0 Å². The Morgan fingerprint density at radius 2 is 2.28 bits per heavy atom. The molecule has 3 unspecified atom stereocenters. The highest BCUT2D eigenvalue weighted by Gasteiger charge is 2.41. The Labute approximate surface area is 112 Å². The largest absolute Gasteiger partial charge is 0.329 e. The van der Waals surface area contributed by atoms with Gasteiger partial charge in [-0.05, 0) is 43.4 Å². The minimum Gasteiger partial charge on any atom is -0.329 e. The van der Waals surface area contributed by atoms with Gasteiger partial charge in [0, 0.05) is 29.7 Å². The number of rotatable bonds is 3. The summed E-state index contributed by atoms with van der Waals surface area (Å²) >= 11 is 5.98. The molecule has 4 heteroatoms. The van der Waals surface area contributed by atoms with Gasteiger partial charge >= 0.3 is 0 Å². The van der Waals surface area contributed by atoms with Crippen molar-refractivity contribution in [1.29, 1.82) is 0 Å². The standard InChI is InChI=1S/C14H18ClFN2/c15-10-2-4-13(16)12(6-10)14(7-17)18-8-9-1-3-11(18)5-9/h2,4,6,9,11,14H,1,3,5,7-8,17H2. The number of piperidine rings is 1. The quantitative estimate of drug-likeness (QED) is 0.913. The van der Waals surface area contributed by atoms with Crippen LogP contribution >= 0.6 is 11.6 Å². The van der Waals surface area contributed by atoms with Crippen LogP contribution in [0.3, 0.4) is 0 Å². The Bertz CT molecular complexity index is 451. The molecule has 18 heavy (non-hydrogen) atoms. The molecule has 1 aliphatic carbocycles. The van der Waals surface area contributed by atoms with E-state index in [0.717, 1.165) is 12.5 Å². The molecule has 98 valence electrons. The Morgan fingerprint density at radius 3 is 2.89 bits per heavy atom. The first-order valence-corrected chi connectivity index (χ1v) is 6.97. The molecule has 1 saturated heterocycles. The number of fused-ring (bicyclic) bond motifs is 2. The molecule has 1 aromatic carbocycles. The van der Waals surface area contributed by atoms with Gasteiger partial charge in [0.1, 0.15) is 5.82 Å². The number of likely N-dealkylation sites (tertiary alicyclic amines) is 1. The third kappa shape index (κ3) is 2.04. The zero-order chi connectivity index (χ0) is 12.7. The van der Waals surface area contributed by atoms with Crippen LogP contribution in [0.2, 0.25) is 5.02 Å². The van der Waals surface area contributed by atoms with Gasteiger partial charge in [0.25, 0.3) is 0 Å². The average molecular weight is 269 g/mol. The Balaban J connectivity index is 1.90. The zero-order valence-electron chi connectivity index (χ0n) is 10.3. The fraction of sp³-hybridized carbons (Fsp3) is 0.571. The van der Waals surface area contributed by atoms with Crippen LogP contribution in [-0.4, -0.2) is 24.0 Å². The van der Waals surface area contributed by atoms with E-state index in [2.05, 4.69) is 4.90 Å². The maximum Gasteiger partial charge on any atom is 0.128 e. The van der Waals surface area contributed by atoms with Crippen LogP contribution in [0.25, 0.3) is 0 Å². The molecule has 1 aromatic rings. The van der Waals surface area contributed by atoms with Gasteiger partial charge in [-0.1, -0.05) is 11.6 Å². The second-order valence-electron chi connectivity index (χ2n) is 5.45. The van der Waals surface area contributed by atoms with Crippen molar-refractivity contribution < 1.29 is 4.39 Å².